The van der Waals surface area contributed by atoms with Crippen LogP contribution in [0.1, 0.15) is 44.6 Å². The maximum atomic E-state index is 12.9. The Labute approximate surface area is 156 Å². The predicted octanol–water partition coefficient (Wildman–Crippen LogP) is 1.74. The Bertz CT molecular complexity index is 732. The molecule has 1 aromatic rings. The highest BCUT2D eigenvalue weighted by molar-refractivity contribution is 7.89. The first-order valence-corrected chi connectivity index (χ1v) is 11.0. The van der Waals surface area contributed by atoms with Gasteiger partial charge in [0.1, 0.15) is 5.54 Å². The molecule has 7 heteroatoms. The number of aryl methyl sites for hydroxylation is 1. The molecule has 144 valence electrons. The van der Waals surface area contributed by atoms with Crippen LogP contribution in [0.3, 0.4) is 0 Å². The summed E-state index contributed by atoms with van der Waals surface area (Å²) in [5.74, 6) is -0.316. The molecule has 0 radical (unpaired) electrons. The van der Waals surface area contributed by atoms with Gasteiger partial charge in [0.05, 0.1) is 4.90 Å². The van der Waals surface area contributed by atoms with E-state index in [1.165, 1.54) is 10.7 Å². The summed E-state index contributed by atoms with van der Waals surface area (Å²) in [5.41, 5.74) is 6.20. The number of carbonyl (C=O) groups is 1. The molecule has 2 saturated heterocycles. The van der Waals surface area contributed by atoms with Gasteiger partial charge in [-0.2, -0.15) is 4.31 Å². The third-order valence-electron chi connectivity index (χ3n) is 5.94. The van der Waals surface area contributed by atoms with Crippen molar-refractivity contribution < 1.29 is 13.2 Å². The molecule has 0 unspecified atom stereocenters. The van der Waals surface area contributed by atoms with Gasteiger partial charge in [-0.3, -0.25) is 9.69 Å². The van der Waals surface area contributed by atoms with Crippen molar-refractivity contribution in [2.24, 2.45) is 5.73 Å². The minimum Gasteiger partial charge on any atom is -0.368 e. The molecule has 2 N–H and O–H groups in total. The van der Waals surface area contributed by atoms with E-state index in [4.69, 9.17) is 5.73 Å². The molecule has 0 saturated carbocycles. The maximum absolute atomic E-state index is 12.9. The van der Waals surface area contributed by atoms with E-state index < -0.39 is 15.6 Å². The molecule has 0 aliphatic carbocycles. The van der Waals surface area contributed by atoms with Gasteiger partial charge < -0.3 is 5.73 Å². The molecule has 0 bridgehead atoms. The van der Waals surface area contributed by atoms with Crippen molar-refractivity contribution in [2.75, 3.05) is 26.2 Å². The number of piperidine rings is 2. The topological polar surface area (TPSA) is 83.7 Å². The summed E-state index contributed by atoms with van der Waals surface area (Å²) in [6.07, 6.45) is 5.13. The van der Waals surface area contributed by atoms with E-state index in [1.54, 1.807) is 12.1 Å². The van der Waals surface area contributed by atoms with Crippen molar-refractivity contribution in [2.45, 2.75) is 55.9 Å². The number of primary amides is 1. The number of amides is 1. The van der Waals surface area contributed by atoms with Crippen LogP contribution < -0.4 is 5.73 Å². The predicted molar refractivity (Wildman–Crippen MR) is 101 cm³/mol. The first-order chi connectivity index (χ1) is 12.4. The summed E-state index contributed by atoms with van der Waals surface area (Å²) < 4.78 is 27.4. The van der Waals surface area contributed by atoms with E-state index in [0.29, 0.717) is 30.8 Å². The van der Waals surface area contributed by atoms with E-state index in [0.717, 1.165) is 37.9 Å². The molecule has 0 aromatic heterocycles. The van der Waals surface area contributed by atoms with Gasteiger partial charge in [0.2, 0.25) is 15.9 Å². The fourth-order valence-electron chi connectivity index (χ4n) is 4.18. The number of hydrogen-bond donors (Lipinski definition) is 1. The van der Waals surface area contributed by atoms with Crippen molar-refractivity contribution in [3.8, 4) is 0 Å². The SMILES string of the molecule is CCc1ccc(S(=O)(=O)N2CCC(C(N)=O)(N3CCCCC3)CC2)cc1. The summed E-state index contributed by atoms with van der Waals surface area (Å²) >= 11 is 0. The molecule has 0 spiro atoms. The van der Waals surface area contributed by atoms with Crippen LogP contribution in [0.2, 0.25) is 0 Å². The standard InChI is InChI=1S/C19H29N3O3S/c1-2-16-6-8-17(9-7-16)26(24,25)22-14-10-19(11-15-22,18(20)23)21-12-4-3-5-13-21/h6-9H,2-5,10-15H2,1H3,(H2,20,23). The van der Waals surface area contributed by atoms with Crippen LogP contribution in [-0.2, 0) is 21.2 Å². The Kier molecular flexibility index (Phi) is 5.69. The molecule has 26 heavy (non-hydrogen) atoms. The second kappa shape index (κ2) is 7.66. The molecule has 0 atom stereocenters. The fourth-order valence-corrected chi connectivity index (χ4v) is 5.62. The van der Waals surface area contributed by atoms with E-state index in [1.807, 2.05) is 19.1 Å². The lowest BCUT2D eigenvalue weighted by atomic mass is 9.84. The number of nitrogens with two attached hydrogens (primary N) is 1. The average molecular weight is 380 g/mol. The Morgan fingerprint density at radius 2 is 1.62 bits per heavy atom. The largest absolute Gasteiger partial charge is 0.368 e. The third-order valence-corrected chi connectivity index (χ3v) is 7.85. The summed E-state index contributed by atoms with van der Waals surface area (Å²) in [7, 11) is -3.53. The molecule has 2 aliphatic rings. The first-order valence-electron chi connectivity index (χ1n) is 9.54. The number of nitrogens with zero attached hydrogens (tertiary/aromatic N) is 2. The second-order valence-corrected chi connectivity index (χ2v) is 9.28. The lowest BCUT2D eigenvalue weighted by Crippen LogP contribution is -2.63. The highest BCUT2D eigenvalue weighted by atomic mass is 32.2. The second-order valence-electron chi connectivity index (χ2n) is 7.35. The molecular weight excluding hydrogens is 350 g/mol. The summed E-state index contributed by atoms with van der Waals surface area (Å²) in [4.78, 5) is 14.8. The maximum Gasteiger partial charge on any atom is 0.243 e. The van der Waals surface area contributed by atoms with Crippen LogP contribution >= 0.6 is 0 Å². The van der Waals surface area contributed by atoms with Crippen LogP contribution in [0.25, 0.3) is 0 Å². The van der Waals surface area contributed by atoms with E-state index >= 15 is 0 Å². The van der Waals surface area contributed by atoms with Gasteiger partial charge in [0.25, 0.3) is 0 Å². The van der Waals surface area contributed by atoms with Crippen LogP contribution in [0.4, 0.5) is 0 Å². The van der Waals surface area contributed by atoms with Gasteiger partial charge in [0.15, 0.2) is 0 Å². The zero-order valence-electron chi connectivity index (χ0n) is 15.5. The van der Waals surface area contributed by atoms with Gasteiger partial charge in [-0.15, -0.1) is 0 Å². The molecule has 2 aliphatic heterocycles. The van der Waals surface area contributed by atoms with E-state index in [-0.39, 0.29) is 5.91 Å². The Hall–Kier alpha value is -1.44. The third kappa shape index (κ3) is 3.52. The van der Waals surface area contributed by atoms with Gasteiger partial charge in [0, 0.05) is 13.1 Å². The van der Waals surface area contributed by atoms with Crippen molar-refractivity contribution in [3.63, 3.8) is 0 Å². The smallest absolute Gasteiger partial charge is 0.243 e. The number of hydrogen-bond acceptors (Lipinski definition) is 4. The molecule has 3 rings (SSSR count). The van der Waals surface area contributed by atoms with Crippen molar-refractivity contribution in [3.05, 3.63) is 29.8 Å². The summed E-state index contributed by atoms with van der Waals surface area (Å²) in [5, 5.41) is 0. The zero-order chi connectivity index (χ0) is 18.8. The van der Waals surface area contributed by atoms with Gasteiger partial charge in [-0.25, -0.2) is 8.42 Å². The summed E-state index contributed by atoms with van der Waals surface area (Å²) in [6, 6.07) is 7.07. The van der Waals surface area contributed by atoms with Crippen molar-refractivity contribution >= 4 is 15.9 Å². The van der Waals surface area contributed by atoms with Crippen molar-refractivity contribution in [1.29, 1.82) is 0 Å². The highest BCUT2D eigenvalue weighted by Crippen LogP contribution is 2.33. The summed E-state index contributed by atoms with van der Waals surface area (Å²) in [6.45, 7) is 4.44. The molecule has 1 amide bonds. The van der Waals surface area contributed by atoms with Crippen LogP contribution in [0.15, 0.2) is 29.2 Å². The molecular formula is C19H29N3O3S. The Morgan fingerprint density at radius 3 is 2.12 bits per heavy atom. The number of rotatable bonds is 5. The minimum atomic E-state index is -3.53. The number of carbonyl (C=O) groups excluding carboxylic acids is 1. The monoisotopic (exact) mass is 379 g/mol. The highest BCUT2D eigenvalue weighted by Gasteiger charge is 2.46. The van der Waals surface area contributed by atoms with Crippen LogP contribution in [0, 0.1) is 0 Å². The Balaban J connectivity index is 1.76. The molecule has 2 fully saturated rings. The van der Waals surface area contributed by atoms with Gasteiger partial charge >= 0.3 is 0 Å². The number of likely N-dealkylation sites (tertiary alicyclic amines) is 1. The lowest BCUT2D eigenvalue weighted by Gasteiger charge is -2.47. The van der Waals surface area contributed by atoms with E-state index in [2.05, 4.69) is 4.90 Å². The Morgan fingerprint density at radius 1 is 1.04 bits per heavy atom. The van der Waals surface area contributed by atoms with Crippen LogP contribution in [-0.4, -0.2) is 55.2 Å². The van der Waals surface area contributed by atoms with Crippen LogP contribution in [0.5, 0.6) is 0 Å². The lowest BCUT2D eigenvalue weighted by molar-refractivity contribution is -0.134. The minimum absolute atomic E-state index is 0.316. The van der Waals surface area contributed by atoms with Gasteiger partial charge in [-0.1, -0.05) is 25.5 Å². The number of benzene rings is 1. The van der Waals surface area contributed by atoms with Crippen molar-refractivity contribution in [1.82, 2.24) is 9.21 Å². The molecule has 2 heterocycles. The normalized spacial score (nSPS) is 22.2. The molecule has 1 aromatic carbocycles. The quantitative estimate of drug-likeness (QED) is 0.845. The average Bonchev–Trinajstić information content (AvgIpc) is 2.68. The zero-order valence-corrected chi connectivity index (χ0v) is 16.3. The van der Waals surface area contributed by atoms with E-state index in [9.17, 15) is 13.2 Å². The fraction of sp³-hybridized carbons (Fsp3) is 0.632. The molecule has 6 nitrogen and oxygen atoms in total. The number of sulfonamides is 1. The first kappa shape index (κ1) is 19.3. The van der Waals surface area contributed by atoms with Gasteiger partial charge in [-0.05, 0) is 62.9 Å².